The average Bonchev–Trinajstić information content (AvgIpc) is 2.41. The van der Waals surface area contributed by atoms with Gasteiger partial charge in [0.25, 0.3) is 0 Å². The van der Waals surface area contributed by atoms with Crippen molar-refractivity contribution in [2.75, 3.05) is 26.4 Å². The summed E-state index contributed by atoms with van der Waals surface area (Å²) in [4.78, 5) is 0. The lowest BCUT2D eigenvalue weighted by atomic mass is 10.2. The molecule has 0 aliphatic carbocycles. The minimum Gasteiger partial charge on any atom is -0.394 e. The number of rotatable bonds is 4. The van der Waals surface area contributed by atoms with Crippen LogP contribution in [0.5, 0.6) is 0 Å². The van der Waals surface area contributed by atoms with Gasteiger partial charge in [-0.25, -0.2) is 0 Å². The first-order valence-corrected chi connectivity index (χ1v) is 3.73. The lowest BCUT2D eigenvalue weighted by molar-refractivity contribution is 0.00603. The molecule has 0 aromatic rings. The van der Waals surface area contributed by atoms with Gasteiger partial charge in [0.1, 0.15) is 0 Å². The lowest BCUT2D eigenvalue weighted by Crippen LogP contribution is -2.15. The largest absolute Gasteiger partial charge is 0.394 e. The minimum atomic E-state index is 0.104. The van der Waals surface area contributed by atoms with Crippen LogP contribution in [0.15, 0.2) is 0 Å². The minimum absolute atomic E-state index is 0.104. The molecule has 0 aromatic heterocycles. The van der Waals surface area contributed by atoms with E-state index in [-0.39, 0.29) is 12.7 Å². The van der Waals surface area contributed by atoms with E-state index in [1.807, 2.05) is 0 Å². The van der Waals surface area contributed by atoms with E-state index in [9.17, 15) is 0 Å². The highest BCUT2D eigenvalue weighted by molar-refractivity contribution is 4.62. The van der Waals surface area contributed by atoms with Crippen LogP contribution in [0.25, 0.3) is 0 Å². The SMILES string of the molecule is OCCOC[C@H]1CCCO1. The molecule has 3 heteroatoms. The molecule has 1 aliphatic rings. The molecule has 0 bridgehead atoms. The fourth-order valence-electron chi connectivity index (χ4n) is 1.06. The molecule has 1 atom stereocenters. The van der Waals surface area contributed by atoms with E-state index < -0.39 is 0 Å². The molecule has 1 aliphatic heterocycles. The maximum absolute atomic E-state index is 8.37. The van der Waals surface area contributed by atoms with Crippen molar-refractivity contribution >= 4 is 0 Å². The van der Waals surface area contributed by atoms with Crippen LogP contribution in [0.1, 0.15) is 12.8 Å². The van der Waals surface area contributed by atoms with Crippen LogP contribution in [-0.4, -0.2) is 37.6 Å². The van der Waals surface area contributed by atoms with Gasteiger partial charge in [0, 0.05) is 6.61 Å². The summed E-state index contributed by atoms with van der Waals surface area (Å²) in [5, 5.41) is 8.37. The van der Waals surface area contributed by atoms with E-state index in [1.54, 1.807) is 0 Å². The van der Waals surface area contributed by atoms with Crippen molar-refractivity contribution < 1.29 is 14.6 Å². The second-order valence-electron chi connectivity index (χ2n) is 2.43. The predicted molar refractivity (Wildman–Crippen MR) is 36.9 cm³/mol. The molecule has 0 unspecified atom stereocenters. The van der Waals surface area contributed by atoms with Crippen LogP contribution >= 0.6 is 0 Å². The van der Waals surface area contributed by atoms with Crippen LogP contribution in [0.4, 0.5) is 0 Å². The van der Waals surface area contributed by atoms with Crippen LogP contribution in [0.3, 0.4) is 0 Å². The fourth-order valence-corrected chi connectivity index (χ4v) is 1.06. The number of hydrogen-bond acceptors (Lipinski definition) is 3. The summed E-state index contributed by atoms with van der Waals surface area (Å²) >= 11 is 0. The summed E-state index contributed by atoms with van der Waals surface area (Å²) in [6.45, 7) is 2.04. The van der Waals surface area contributed by atoms with Gasteiger partial charge in [-0.2, -0.15) is 0 Å². The van der Waals surface area contributed by atoms with Gasteiger partial charge in [-0.05, 0) is 12.8 Å². The highest BCUT2D eigenvalue weighted by atomic mass is 16.5. The van der Waals surface area contributed by atoms with Crippen LogP contribution in [0.2, 0.25) is 0 Å². The zero-order valence-electron chi connectivity index (χ0n) is 6.08. The van der Waals surface area contributed by atoms with Crippen molar-refractivity contribution in [1.29, 1.82) is 0 Å². The Kier molecular flexibility index (Phi) is 3.72. The second kappa shape index (κ2) is 4.66. The Morgan fingerprint density at radius 3 is 3.10 bits per heavy atom. The first-order valence-electron chi connectivity index (χ1n) is 3.73. The van der Waals surface area contributed by atoms with Gasteiger partial charge in [-0.1, -0.05) is 0 Å². The summed E-state index contributed by atoms with van der Waals surface area (Å²) in [6, 6.07) is 0. The van der Waals surface area contributed by atoms with Gasteiger partial charge in [0.2, 0.25) is 0 Å². The molecule has 0 aromatic carbocycles. The highest BCUT2D eigenvalue weighted by Gasteiger charge is 2.14. The van der Waals surface area contributed by atoms with Crippen molar-refractivity contribution in [2.24, 2.45) is 0 Å². The second-order valence-corrected chi connectivity index (χ2v) is 2.43. The number of hydrogen-bond donors (Lipinski definition) is 1. The highest BCUT2D eigenvalue weighted by Crippen LogP contribution is 2.11. The van der Waals surface area contributed by atoms with E-state index in [1.165, 1.54) is 0 Å². The Morgan fingerprint density at radius 1 is 1.60 bits per heavy atom. The van der Waals surface area contributed by atoms with Crippen molar-refractivity contribution in [1.82, 2.24) is 0 Å². The van der Waals surface area contributed by atoms with Gasteiger partial charge < -0.3 is 14.6 Å². The van der Waals surface area contributed by atoms with Crippen LogP contribution in [-0.2, 0) is 9.47 Å². The normalized spacial score (nSPS) is 25.5. The van der Waals surface area contributed by atoms with E-state index in [2.05, 4.69) is 0 Å². The van der Waals surface area contributed by atoms with Gasteiger partial charge in [-0.15, -0.1) is 0 Å². The fraction of sp³-hybridized carbons (Fsp3) is 1.00. The first-order chi connectivity index (χ1) is 4.93. The summed E-state index contributed by atoms with van der Waals surface area (Å²) in [7, 11) is 0. The Hall–Kier alpha value is -0.120. The summed E-state index contributed by atoms with van der Waals surface area (Å²) in [5.74, 6) is 0. The van der Waals surface area contributed by atoms with Crippen molar-refractivity contribution in [2.45, 2.75) is 18.9 Å². The quantitative estimate of drug-likeness (QED) is 0.575. The maximum atomic E-state index is 8.37. The monoisotopic (exact) mass is 146 g/mol. The van der Waals surface area contributed by atoms with Crippen LogP contribution < -0.4 is 0 Å². The molecule has 10 heavy (non-hydrogen) atoms. The van der Waals surface area contributed by atoms with Crippen molar-refractivity contribution in [3.8, 4) is 0 Å². The summed E-state index contributed by atoms with van der Waals surface area (Å²) < 4.78 is 10.4. The third-order valence-corrected chi connectivity index (χ3v) is 1.56. The van der Waals surface area contributed by atoms with Gasteiger partial charge in [-0.3, -0.25) is 0 Å². The zero-order chi connectivity index (χ0) is 7.23. The molecule has 1 saturated heterocycles. The Balaban J connectivity index is 1.91. The molecule has 1 heterocycles. The Labute approximate surface area is 60.9 Å². The smallest absolute Gasteiger partial charge is 0.0809 e. The Morgan fingerprint density at radius 2 is 2.50 bits per heavy atom. The standard InChI is InChI=1S/C7H14O3/c8-3-5-9-6-7-2-1-4-10-7/h7-8H,1-6H2/t7-/m1/s1. The topological polar surface area (TPSA) is 38.7 Å². The van der Waals surface area contributed by atoms with Crippen molar-refractivity contribution in [3.63, 3.8) is 0 Å². The van der Waals surface area contributed by atoms with Gasteiger partial charge in [0.05, 0.1) is 25.9 Å². The molecular formula is C7H14O3. The van der Waals surface area contributed by atoms with E-state index in [0.717, 1.165) is 19.4 Å². The molecule has 1 fully saturated rings. The van der Waals surface area contributed by atoms with E-state index in [0.29, 0.717) is 13.2 Å². The lowest BCUT2D eigenvalue weighted by Gasteiger charge is -2.08. The predicted octanol–water partition coefficient (Wildman–Crippen LogP) is 0.174. The van der Waals surface area contributed by atoms with E-state index in [4.69, 9.17) is 14.6 Å². The van der Waals surface area contributed by atoms with Gasteiger partial charge >= 0.3 is 0 Å². The zero-order valence-corrected chi connectivity index (χ0v) is 6.08. The van der Waals surface area contributed by atoms with Gasteiger partial charge in [0.15, 0.2) is 0 Å². The van der Waals surface area contributed by atoms with Crippen LogP contribution in [0, 0.1) is 0 Å². The molecule has 0 amide bonds. The third-order valence-electron chi connectivity index (χ3n) is 1.56. The molecule has 0 radical (unpaired) electrons. The molecular weight excluding hydrogens is 132 g/mol. The third kappa shape index (κ3) is 2.64. The molecule has 3 nitrogen and oxygen atoms in total. The molecule has 0 spiro atoms. The maximum Gasteiger partial charge on any atom is 0.0809 e. The molecule has 60 valence electrons. The molecule has 1 N–H and O–H groups in total. The van der Waals surface area contributed by atoms with Crippen molar-refractivity contribution in [3.05, 3.63) is 0 Å². The van der Waals surface area contributed by atoms with E-state index >= 15 is 0 Å². The molecule has 0 saturated carbocycles. The number of aliphatic hydroxyl groups is 1. The average molecular weight is 146 g/mol. The Bertz CT molecular complexity index is 78.9. The number of ether oxygens (including phenoxy) is 2. The first kappa shape index (κ1) is 7.98. The molecule has 1 rings (SSSR count). The summed E-state index contributed by atoms with van der Waals surface area (Å²) in [6.07, 6.45) is 2.53. The summed E-state index contributed by atoms with van der Waals surface area (Å²) in [5.41, 5.74) is 0. The number of aliphatic hydroxyl groups excluding tert-OH is 1.